The molecule has 2 heterocycles. The molecule has 0 atom stereocenters. The van der Waals surface area contributed by atoms with Crippen molar-refractivity contribution in [1.29, 1.82) is 0 Å². The lowest BCUT2D eigenvalue weighted by molar-refractivity contribution is 0.0950. The predicted octanol–water partition coefficient (Wildman–Crippen LogP) is 2.49. The van der Waals surface area contributed by atoms with Crippen LogP contribution in [0.2, 0.25) is 0 Å². The lowest BCUT2D eigenvalue weighted by Crippen LogP contribution is -2.24. The molecule has 6 nitrogen and oxygen atoms in total. The van der Waals surface area contributed by atoms with Crippen LogP contribution < -0.4 is 15.6 Å². The van der Waals surface area contributed by atoms with Crippen LogP contribution in [0.5, 0.6) is 11.6 Å². The number of hydrogen-bond donors (Lipinski definition) is 2. The number of nitrogens with one attached hydrogen (secondary N) is 2. The quantitative estimate of drug-likeness (QED) is 0.756. The van der Waals surface area contributed by atoms with Crippen LogP contribution >= 0.6 is 0 Å². The number of aromatic amines is 1. The Morgan fingerprint density at radius 2 is 1.92 bits per heavy atom. The van der Waals surface area contributed by atoms with Crippen LogP contribution in [-0.4, -0.2) is 15.9 Å². The molecule has 6 heteroatoms. The van der Waals surface area contributed by atoms with Gasteiger partial charge in [0.1, 0.15) is 5.75 Å². The molecule has 0 spiro atoms. The third kappa shape index (κ3) is 3.86. The van der Waals surface area contributed by atoms with Crippen molar-refractivity contribution >= 4 is 5.91 Å². The van der Waals surface area contributed by atoms with Gasteiger partial charge in [0.05, 0.1) is 5.56 Å². The molecular formula is C18H15N3O3. The van der Waals surface area contributed by atoms with Gasteiger partial charge in [-0.2, -0.15) is 0 Å². The van der Waals surface area contributed by atoms with Crippen molar-refractivity contribution in [3.05, 3.63) is 88.5 Å². The SMILES string of the molecule is O=C(NCc1cccnc1Oc1ccccc1)c1ccc(=O)[nH]c1. The number of hydrogen-bond acceptors (Lipinski definition) is 4. The van der Waals surface area contributed by atoms with E-state index in [1.54, 1.807) is 12.3 Å². The summed E-state index contributed by atoms with van der Waals surface area (Å²) in [7, 11) is 0. The average Bonchev–Trinajstić information content (AvgIpc) is 2.62. The van der Waals surface area contributed by atoms with Crippen LogP contribution in [0.15, 0.2) is 71.8 Å². The number of H-pyrrole nitrogens is 1. The Balaban J connectivity index is 1.70. The van der Waals surface area contributed by atoms with Crippen molar-refractivity contribution in [3.63, 3.8) is 0 Å². The monoisotopic (exact) mass is 321 g/mol. The van der Waals surface area contributed by atoms with Crippen molar-refractivity contribution in [2.45, 2.75) is 6.54 Å². The van der Waals surface area contributed by atoms with E-state index in [0.29, 0.717) is 17.2 Å². The first kappa shape index (κ1) is 15.5. The predicted molar refractivity (Wildman–Crippen MR) is 89.0 cm³/mol. The normalized spacial score (nSPS) is 10.2. The molecule has 0 aliphatic heterocycles. The Morgan fingerprint density at radius 3 is 2.67 bits per heavy atom. The van der Waals surface area contributed by atoms with Crippen LogP contribution in [0, 0.1) is 0 Å². The smallest absolute Gasteiger partial charge is 0.253 e. The molecule has 0 aliphatic rings. The van der Waals surface area contributed by atoms with Crippen LogP contribution in [0.25, 0.3) is 0 Å². The van der Waals surface area contributed by atoms with Gasteiger partial charge in [-0.1, -0.05) is 24.3 Å². The molecule has 120 valence electrons. The molecular weight excluding hydrogens is 306 g/mol. The maximum absolute atomic E-state index is 12.1. The Hall–Kier alpha value is -3.41. The molecule has 0 saturated carbocycles. The number of ether oxygens (including phenoxy) is 1. The van der Waals surface area contributed by atoms with Crippen LogP contribution in [0.4, 0.5) is 0 Å². The summed E-state index contributed by atoms with van der Waals surface area (Å²) in [6, 6.07) is 15.7. The lowest BCUT2D eigenvalue weighted by Gasteiger charge is -2.10. The minimum atomic E-state index is -0.291. The maximum Gasteiger partial charge on any atom is 0.253 e. The second kappa shape index (κ2) is 7.23. The molecule has 3 rings (SSSR count). The van der Waals surface area contributed by atoms with E-state index in [-0.39, 0.29) is 18.0 Å². The number of benzene rings is 1. The standard InChI is InChI=1S/C18H15N3O3/c22-16-9-8-13(11-20-16)17(23)21-12-14-5-4-10-19-18(14)24-15-6-2-1-3-7-15/h1-11H,12H2,(H,20,22)(H,21,23). The molecule has 3 aromatic rings. The van der Waals surface area contributed by atoms with Crippen molar-refractivity contribution in [2.75, 3.05) is 0 Å². The highest BCUT2D eigenvalue weighted by Crippen LogP contribution is 2.22. The van der Waals surface area contributed by atoms with Crippen molar-refractivity contribution in [3.8, 4) is 11.6 Å². The van der Waals surface area contributed by atoms with E-state index < -0.39 is 0 Å². The number of pyridine rings is 2. The van der Waals surface area contributed by atoms with E-state index >= 15 is 0 Å². The Bertz CT molecular complexity index is 871. The van der Waals surface area contributed by atoms with E-state index in [0.717, 1.165) is 5.56 Å². The van der Waals surface area contributed by atoms with E-state index in [4.69, 9.17) is 4.74 Å². The Morgan fingerprint density at radius 1 is 1.08 bits per heavy atom. The molecule has 0 fully saturated rings. The molecule has 0 aliphatic carbocycles. The van der Waals surface area contributed by atoms with Gasteiger partial charge in [0, 0.05) is 30.6 Å². The fourth-order valence-corrected chi connectivity index (χ4v) is 2.08. The molecule has 24 heavy (non-hydrogen) atoms. The van der Waals surface area contributed by atoms with Gasteiger partial charge in [0.25, 0.3) is 5.91 Å². The first-order valence-corrected chi connectivity index (χ1v) is 7.36. The lowest BCUT2D eigenvalue weighted by atomic mass is 10.2. The van der Waals surface area contributed by atoms with Gasteiger partial charge < -0.3 is 15.0 Å². The zero-order valence-corrected chi connectivity index (χ0v) is 12.7. The number of carbonyl (C=O) groups excluding carboxylic acids is 1. The second-order valence-electron chi connectivity index (χ2n) is 5.01. The van der Waals surface area contributed by atoms with Crippen molar-refractivity contribution in [2.24, 2.45) is 0 Å². The molecule has 1 aromatic carbocycles. The van der Waals surface area contributed by atoms with E-state index in [2.05, 4.69) is 15.3 Å². The molecule has 2 N–H and O–H groups in total. The number of carbonyl (C=O) groups is 1. The zero-order valence-electron chi connectivity index (χ0n) is 12.7. The molecule has 0 unspecified atom stereocenters. The van der Waals surface area contributed by atoms with Crippen LogP contribution in [-0.2, 0) is 6.54 Å². The Kier molecular flexibility index (Phi) is 4.67. The largest absolute Gasteiger partial charge is 0.439 e. The minimum Gasteiger partial charge on any atom is -0.439 e. The first-order valence-electron chi connectivity index (χ1n) is 7.36. The summed E-state index contributed by atoms with van der Waals surface area (Å²) in [6.45, 7) is 0.258. The third-order valence-electron chi connectivity index (χ3n) is 3.29. The molecule has 2 aromatic heterocycles. The summed E-state index contributed by atoms with van der Waals surface area (Å²) < 4.78 is 5.75. The van der Waals surface area contributed by atoms with Crippen molar-refractivity contribution < 1.29 is 9.53 Å². The highest BCUT2D eigenvalue weighted by molar-refractivity contribution is 5.93. The number of nitrogens with zero attached hydrogens (tertiary/aromatic N) is 1. The molecule has 0 saturated heterocycles. The van der Waals surface area contributed by atoms with Crippen LogP contribution in [0.3, 0.4) is 0 Å². The summed E-state index contributed by atoms with van der Waals surface area (Å²) in [6.07, 6.45) is 3.01. The van der Waals surface area contributed by atoms with E-state index in [1.165, 1.54) is 18.3 Å². The molecule has 1 amide bonds. The number of amides is 1. The summed E-state index contributed by atoms with van der Waals surface area (Å²) in [4.78, 5) is 29.8. The third-order valence-corrected chi connectivity index (χ3v) is 3.29. The zero-order chi connectivity index (χ0) is 16.8. The minimum absolute atomic E-state index is 0.252. The summed E-state index contributed by atoms with van der Waals surface area (Å²) >= 11 is 0. The fourth-order valence-electron chi connectivity index (χ4n) is 2.08. The molecule has 0 bridgehead atoms. The highest BCUT2D eigenvalue weighted by Gasteiger charge is 2.09. The maximum atomic E-state index is 12.1. The summed E-state index contributed by atoms with van der Waals surface area (Å²) in [5.41, 5.74) is 0.875. The summed E-state index contributed by atoms with van der Waals surface area (Å²) in [5.74, 6) is 0.815. The van der Waals surface area contributed by atoms with Gasteiger partial charge in [0.2, 0.25) is 11.4 Å². The molecule has 0 radical (unpaired) electrons. The van der Waals surface area contributed by atoms with Gasteiger partial charge in [-0.15, -0.1) is 0 Å². The van der Waals surface area contributed by atoms with E-state index in [9.17, 15) is 9.59 Å². The highest BCUT2D eigenvalue weighted by atomic mass is 16.5. The first-order chi connectivity index (χ1) is 11.7. The van der Waals surface area contributed by atoms with Gasteiger partial charge in [0.15, 0.2) is 0 Å². The average molecular weight is 321 g/mol. The second-order valence-corrected chi connectivity index (χ2v) is 5.01. The van der Waals surface area contributed by atoms with Crippen LogP contribution in [0.1, 0.15) is 15.9 Å². The number of rotatable bonds is 5. The van der Waals surface area contributed by atoms with Gasteiger partial charge in [-0.3, -0.25) is 9.59 Å². The van der Waals surface area contributed by atoms with Gasteiger partial charge in [-0.05, 0) is 24.3 Å². The number of aromatic nitrogens is 2. The van der Waals surface area contributed by atoms with Gasteiger partial charge in [-0.25, -0.2) is 4.98 Å². The van der Waals surface area contributed by atoms with Gasteiger partial charge >= 0.3 is 0 Å². The van der Waals surface area contributed by atoms with Crippen molar-refractivity contribution in [1.82, 2.24) is 15.3 Å². The summed E-state index contributed by atoms with van der Waals surface area (Å²) in [5, 5.41) is 2.78. The Labute approximate surface area is 138 Å². The fraction of sp³-hybridized carbons (Fsp3) is 0.0556. The number of para-hydroxylation sites is 1. The topological polar surface area (TPSA) is 84.1 Å². The van der Waals surface area contributed by atoms with E-state index in [1.807, 2.05) is 36.4 Å².